The van der Waals surface area contributed by atoms with Gasteiger partial charge in [-0.1, -0.05) is 29.5 Å². The van der Waals surface area contributed by atoms with E-state index in [2.05, 4.69) is 25.5 Å². The first-order valence-corrected chi connectivity index (χ1v) is 9.70. The first-order chi connectivity index (χ1) is 13.1. The highest BCUT2D eigenvalue weighted by Crippen LogP contribution is 2.33. The van der Waals surface area contributed by atoms with Gasteiger partial charge in [0.1, 0.15) is 16.6 Å². The van der Waals surface area contributed by atoms with Crippen molar-refractivity contribution in [2.45, 2.75) is 32.7 Å². The van der Waals surface area contributed by atoms with Crippen LogP contribution in [0.3, 0.4) is 0 Å². The van der Waals surface area contributed by atoms with Crippen molar-refractivity contribution in [3.63, 3.8) is 0 Å². The van der Waals surface area contributed by atoms with E-state index in [1.165, 1.54) is 11.3 Å². The van der Waals surface area contributed by atoms with Crippen molar-refractivity contribution in [2.75, 3.05) is 11.9 Å². The summed E-state index contributed by atoms with van der Waals surface area (Å²) in [5.41, 5.74) is 1.56. The van der Waals surface area contributed by atoms with Gasteiger partial charge < -0.3 is 10.2 Å². The van der Waals surface area contributed by atoms with Gasteiger partial charge >= 0.3 is 0 Å². The Morgan fingerprint density at radius 3 is 2.74 bits per heavy atom. The summed E-state index contributed by atoms with van der Waals surface area (Å²) >= 11 is 1.47. The minimum absolute atomic E-state index is 0.0450. The number of hydrogen-bond donors (Lipinski definition) is 1. The monoisotopic (exact) mass is 380 g/mol. The molecular formula is C19H20N6OS. The second kappa shape index (κ2) is 7.40. The van der Waals surface area contributed by atoms with Crippen LogP contribution in [0, 0.1) is 13.8 Å². The maximum absolute atomic E-state index is 12.9. The normalized spacial score (nSPS) is 16.5. The molecule has 1 fully saturated rings. The van der Waals surface area contributed by atoms with Crippen molar-refractivity contribution in [1.29, 1.82) is 0 Å². The van der Waals surface area contributed by atoms with Gasteiger partial charge in [0, 0.05) is 18.2 Å². The lowest BCUT2D eigenvalue weighted by Crippen LogP contribution is -2.31. The number of rotatable bonds is 4. The smallest absolute Gasteiger partial charge is 0.254 e. The van der Waals surface area contributed by atoms with Crippen molar-refractivity contribution < 1.29 is 4.79 Å². The number of amides is 1. The SMILES string of the molecule is Cc1nc(Nc2nnc(C)s2)cc([C@H]2CCCN2C(=O)c2ccccc2)n1. The van der Waals surface area contributed by atoms with Crippen LogP contribution in [-0.2, 0) is 0 Å². The Hall–Kier alpha value is -2.87. The third kappa shape index (κ3) is 3.80. The van der Waals surface area contributed by atoms with Gasteiger partial charge in [0.2, 0.25) is 5.13 Å². The Kier molecular flexibility index (Phi) is 4.81. The van der Waals surface area contributed by atoms with Gasteiger partial charge in [0.05, 0.1) is 11.7 Å². The van der Waals surface area contributed by atoms with Crippen molar-refractivity contribution in [3.05, 3.63) is 58.5 Å². The summed E-state index contributed by atoms with van der Waals surface area (Å²) in [7, 11) is 0. The van der Waals surface area contributed by atoms with Crippen molar-refractivity contribution >= 4 is 28.2 Å². The number of aryl methyl sites for hydroxylation is 2. The molecule has 8 heteroatoms. The highest BCUT2D eigenvalue weighted by molar-refractivity contribution is 7.15. The fourth-order valence-corrected chi connectivity index (χ4v) is 3.94. The summed E-state index contributed by atoms with van der Waals surface area (Å²) in [6.45, 7) is 4.50. The Balaban J connectivity index is 1.60. The minimum atomic E-state index is -0.0453. The average Bonchev–Trinajstić information content (AvgIpc) is 3.30. The number of hydrogen-bond acceptors (Lipinski definition) is 7. The zero-order valence-corrected chi connectivity index (χ0v) is 16.0. The molecule has 0 aliphatic carbocycles. The lowest BCUT2D eigenvalue weighted by molar-refractivity contribution is 0.0732. The summed E-state index contributed by atoms with van der Waals surface area (Å²) in [6, 6.07) is 11.3. The molecule has 4 rings (SSSR count). The second-order valence-electron chi connectivity index (χ2n) is 6.50. The molecule has 1 amide bonds. The molecule has 27 heavy (non-hydrogen) atoms. The number of nitrogens with zero attached hydrogens (tertiary/aromatic N) is 5. The van der Waals surface area contributed by atoms with Crippen LogP contribution in [-0.4, -0.2) is 37.5 Å². The zero-order valence-electron chi connectivity index (χ0n) is 15.2. The molecule has 3 heterocycles. The molecule has 0 saturated carbocycles. The molecule has 1 saturated heterocycles. The molecule has 3 aromatic rings. The molecule has 0 radical (unpaired) electrons. The Labute approximate surface area is 161 Å². The van der Waals surface area contributed by atoms with E-state index < -0.39 is 0 Å². The number of carbonyl (C=O) groups excluding carboxylic acids is 1. The quantitative estimate of drug-likeness (QED) is 0.743. The number of nitrogens with one attached hydrogen (secondary N) is 1. The minimum Gasteiger partial charge on any atom is -0.330 e. The van der Waals surface area contributed by atoms with Gasteiger partial charge in [-0.2, -0.15) is 0 Å². The molecule has 138 valence electrons. The summed E-state index contributed by atoms with van der Waals surface area (Å²) in [4.78, 5) is 23.9. The van der Waals surface area contributed by atoms with Crippen LogP contribution in [0.2, 0.25) is 0 Å². The van der Waals surface area contributed by atoms with Gasteiger partial charge in [-0.25, -0.2) is 9.97 Å². The molecule has 1 aliphatic rings. The molecule has 1 N–H and O–H groups in total. The first kappa shape index (κ1) is 17.5. The van der Waals surface area contributed by atoms with Crippen LogP contribution < -0.4 is 5.32 Å². The van der Waals surface area contributed by atoms with E-state index >= 15 is 0 Å². The summed E-state index contributed by atoms with van der Waals surface area (Å²) in [5.74, 6) is 1.38. The van der Waals surface area contributed by atoms with Crippen LogP contribution in [0.1, 0.15) is 45.8 Å². The predicted molar refractivity (Wildman–Crippen MR) is 104 cm³/mol. The molecule has 0 unspecified atom stereocenters. The molecular weight excluding hydrogens is 360 g/mol. The molecule has 0 spiro atoms. The van der Waals surface area contributed by atoms with E-state index in [9.17, 15) is 4.79 Å². The van der Waals surface area contributed by atoms with Gasteiger partial charge in [-0.15, -0.1) is 10.2 Å². The van der Waals surface area contributed by atoms with E-state index in [1.54, 1.807) is 0 Å². The van der Waals surface area contributed by atoms with Crippen molar-refractivity contribution in [2.24, 2.45) is 0 Å². The van der Waals surface area contributed by atoms with Gasteiger partial charge in [0.25, 0.3) is 5.91 Å². The van der Waals surface area contributed by atoms with Crippen LogP contribution in [0.4, 0.5) is 10.9 Å². The van der Waals surface area contributed by atoms with Crippen LogP contribution in [0.25, 0.3) is 0 Å². The molecule has 1 aromatic carbocycles. The fraction of sp³-hybridized carbons (Fsp3) is 0.316. The molecule has 0 bridgehead atoms. The molecule has 1 atom stereocenters. The molecule has 7 nitrogen and oxygen atoms in total. The lowest BCUT2D eigenvalue weighted by atomic mass is 10.1. The average molecular weight is 380 g/mol. The zero-order chi connectivity index (χ0) is 18.8. The lowest BCUT2D eigenvalue weighted by Gasteiger charge is -2.25. The van der Waals surface area contributed by atoms with Gasteiger partial charge in [-0.3, -0.25) is 4.79 Å². The van der Waals surface area contributed by atoms with Crippen LogP contribution in [0.5, 0.6) is 0 Å². The summed E-state index contributed by atoms with van der Waals surface area (Å²) in [5, 5.41) is 12.9. The fourth-order valence-electron chi connectivity index (χ4n) is 3.35. The Morgan fingerprint density at radius 1 is 1.19 bits per heavy atom. The van der Waals surface area contributed by atoms with E-state index in [0.717, 1.165) is 30.1 Å². The molecule has 1 aliphatic heterocycles. The number of carbonyl (C=O) groups is 1. The van der Waals surface area contributed by atoms with E-state index in [-0.39, 0.29) is 11.9 Å². The third-order valence-electron chi connectivity index (χ3n) is 4.49. The maximum Gasteiger partial charge on any atom is 0.254 e. The number of benzene rings is 1. The van der Waals surface area contributed by atoms with E-state index in [0.29, 0.717) is 22.3 Å². The topological polar surface area (TPSA) is 83.9 Å². The van der Waals surface area contributed by atoms with Crippen molar-refractivity contribution in [3.8, 4) is 0 Å². The third-order valence-corrected chi connectivity index (χ3v) is 5.25. The number of anilines is 2. The van der Waals surface area contributed by atoms with Crippen molar-refractivity contribution in [1.82, 2.24) is 25.1 Å². The van der Waals surface area contributed by atoms with Gasteiger partial charge in [0.15, 0.2) is 0 Å². The first-order valence-electron chi connectivity index (χ1n) is 8.89. The highest BCUT2D eigenvalue weighted by atomic mass is 32.1. The number of likely N-dealkylation sites (tertiary alicyclic amines) is 1. The standard InChI is InChI=1S/C19H20N6OS/c1-12-20-15(11-17(21-12)22-19-24-23-13(2)27-19)16-9-6-10-25(16)18(26)14-7-4-3-5-8-14/h3-5,7-8,11,16H,6,9-10H2,1-2H3,(H,20,21,22,24)/t16-/m1/s1. The highest BCUT2D eigenvalue weighted by Gasteiger charge is 2.32. The van der Waals surface area contributed by atoms with E-state index in [4.69, 9.17) is 0 Å². The van der Waals surface area contributed by atoms with E-state index in [1.807, 2.05) is 55.1 Å². The Bertz CT molecular complexity index is 958. The summed E-state index contributed by atoms with van der Waals surface area (Å²) in [6.07, 6.45) is 1.86. The number of aromatic nitrogens is 4. The maximum atomic E-state index is 12.9. The van der Waals surface area contributed by atoms with Gasteiger partial charge in [-0.05, 0) is 38.8 Å². The largest absolute Gasteiger partial charge is 0.330 e. The van der Waals surface area contributed by atoms with Crippen LogP contribution in [0.15, 0.2) is 36.4 Å². The Morgan fingerprint density at radius 2 is 2.00 bits per heavy atom. The molecule has 2 aromatic heterocycles. The van der Waals surface area contributed by atoms with Crippen LogP contribution >= 0.6 is 11.3 Å². The summed E-state index contributed by atoms with van der Waals surface area (Å²) < 4.78 is 0. The second-order valence-corrected chi connectivity index (χ2v) is 7.68. The predicted octanol–water partition coefficient (Wildman–Crippen LogP) is 3.67.